The molecule has 8 heteroatoms. The van der Waals surface area contributed by atoms with Crippen LogP contribution in [0.2, 0.25) is 5.02 Å². The molecular formula is C13H5ClF5NO. The van der Waals surface area contributed by atoms with Crippen LogP contribution in [0, 0.1) is 29.1 Å². The zero-order chi connectivity index (χ0) is 15.7. The first-order valence-electron chi connectivity index (χ1n) is 5.40. The molecule has 21 heavy (non-hydrogen) atoms. The van der Waals surface area contributed by atoms with Crippen LogP contribution in [0.3, 0.4) is 0 Å². The largest absolute Gasteiger partial charge is 0.318 e. The molecule has 2 aromatic carbocycles. The summed E-state index contributed by atoms with van der Waals surface area (Å²) in [4.78, 5) is 11.7. The summed E-state index contributed by atoms with van der Waals surface area (Å²) in [7, 11) is 0. The normalized spacial score (nSPS) is 10.6. The second-order valence-corrected chi connectivity index (χ2v) is 4.36. The van der Waals surface area contributed by atoms with Gasteiger partial charge >= 0.3 is 0 Å². The monoisotopic (exact) mass is 321 g/mol. The maximum Gasteiger partial charge on any atom is 0.255 e. The van der Waals surface area contributed by atoms with E-state index in [-0.39, 0.29) is 0 Å². The lowest BCUT2D eigenvalue weighted by Gasteiger charge is -2.09. The van der Waals surface area contributed by atoms with E-state index < -0.39 is 51.3 Å². The molecule has 2 nitrogen and oxygen atoms in total. The Morgan fingerprint density at radius 1 is 0.905 bits per heavy atom. The van der Waals surface area contributed by atoms with Gasteiger partial charge in [-0.05, 0) is 18.2 Å². The molecule has 0 aromatic heterocycles. The fraction of sp³-hybridized carbons (Fsp3) is 0. The fourth-order valence-corrected chi connectivity index (χ4v) is 1.78. The number of carbonyl (C=O) groups is 1. The van der Waals surface area contributed by atoms with Gasteiger partial charge in [0.15, 0.2) is 23.3 Å². The zero-order valence-electron chi connectivity index (χ0n) is 9.99. The van der Waals surface area contributed by atoms with E-state index in [1.54, 1.807) is 0 Å². The lowest BCUT2D eigenvalue weighted by atomic mass is 10.2. The number of carbonyl (C=O) groups excluding carboxylic acids is 1. The summed E-state index contributed by atoms with van der Waals surface area (Å²) < 4.78 is 65.1. The number of benzene rings is 2. The summed E-state index contributed by atoms with van der Waals surface area (Å²) in [6.45, 7) is 0. The van der Waals surface area contributed by atoms with Crippen LogP contribution >= 0.6 is 11.6 Å². The Hall–Kier alpha value is -2.15. The van der Waals surface area contributed by atoms with Crippen molar-refractivity contribution in [2.75, 3.05) is 5.32 Å². The van der Waals surface area contributed by atoms with Gasteiger partial charge in [0.1, 0.15) is 5.82 Å². The number of rotatable bonds is 2. The first-order chi connectivity index (χ1) is 9.79. The van der Waals surface area contributed by atoms with E-state index >= 15 is 0 Å². The average Bonchev–Trinajstić information content (AvgIpc) is 2.39. The molecule has 0 atom stereocenters. The molecule has 1 amide bonds. The summed E-state index contributed by atoms with van der Waals surface area (Å²) in [5.74, 6) is -8.17. The second-order valence-electron chi connectivity index (χ2n) is 3.95. The zero-order valence-corrected chi connectivity index (χ0v) is 10.7. The lowest BCUT2D eigenvalue weighted by Crippen LogP contribution is -2.15. The van der Waals surface area contributed by atoms with Crippen LogP contribution in [0.4, 0.5) is 27.6 Å². The minimum atomic E-state index is -1.74. The van der Waals surface area contributed by atoms with Crippen molar-refractivity contribution in [2.24, 2.45) is 0 Å². The number of anilines is 1. The molecule has 2 aromatic rings. The smallest absolute Gasteiger partial charge is 0.255 e. The number of hydrogen-bond donors (Lipinski definition) is 1. The van der Waals surface area contributed by atoms with Crippen molar-refractivity contribution in [3.05, 3.63) is 63.9 Å². The maximum absolute atomic E-state index is 13.5. The van der Waals surface area contributed by atoms with Gasteiger partial charge in [-0.1, -0.05) is 11.6 Å². The van der Waals surface area contributed by atoms with Crippen molar-refractivity contribution < 1.29 is 26.7 Å². The lowest BCUT2D eigenvalue weighted by molar-refractivity contribution is 0.102. The standard InChI is InChI=1S/C13H5ClF5NO/c14-7-3-6(15)4-10(18)12(7)20-13(21)5-1-8(16)11(19)9(17)2-5/h1-4H,(H,20,21). The van der Waals surface area contributed by atoms with Gasteiger partial charge in [0.05, 0.1) is 10.7 Å². The summed E-state index contributed by atoms with van der Waals surface area (Å²) in [5.41, 5.74) is -1.15. The van der Waals surface area contributed by atoms with Gasteiger partial charge in [0.2, 0.25) is 0 Å². The molecule has 0 saturated carbocycles. The molecule has 0 aliphatic carbocycles. The molecule has 0 radical (unpaired) electrons. The van der Waals surface area contributed by atoms with Crippen LogP contribution in [-0.2, 0) is 0 Å². The van der Waals surface area contributed by atoms with Crippen LogP contribution in [-0.4, -0.2) is 5.91 Å². The van der Waals surface area contributed by atoms with Gasteiger partial charge in [-0.3, -0.25) is 4.79 Å². The fourth-order valence-electron chi connectivity index (χ4n) is 1.53. The van der Waals surface area contributed by atoms with Gasteiger partial charge < -0.3 is 5.32 Å². The summed E-state index contributed by atoms with van der Waals surface area (Å²) in [6, 6.07) is 2.07. The summed E-state index contributed by atoms with van der Waals surface area (Å²) in [5, 5.41) is 1.49. The highest BCUT2D eigenvalue weighted by atomic mass is 35.5. The van der Waals surface area contributed by atoms with Crippen molar-refractivity contribution >= 4 is 23.2 Å². The minimum absolute atomic E-state index is 0.434. The molecule has 0 heterocycles. The van der Waals surface area contributed by atoms with Crippen LogP contribution in [0.25, 0.3) is 0 Å². The van der Waals surface area contributed by atoms with Crippen molar-refractivity contribution in [1.82, 2.24) is 0 Å². The van der Waals surface area contributed by atoms with Gasteiger partial charge in [-0.2, -0.15) is 0 Å². The minimum Gasteiger partial charge on any atom is -0.318 e. The molecule has 0 spiro atoms. The summed E-state index contributed by atoms with van der Waals surface area (Å²) >= 11 is 5.55. The highest BCUT2D eigenvalue weighted by molar-refractivity contribution is 6.34. The van der Waals surface area contributed by atoms with Crippen LogP contribution in [0.15, 0.2) is 24.3 Å². The van der Waals surface area contributed by atoms with E-state index in [1.807, 2.05) is 5.32 Å². The van der Waals surface area contributed by atoms with Gasteiger partial charge in [-0.25, -0.2) is 22.0 Å². The molecule has 0 unspecified atom stereocenters. The predicted molar refractivity (Wildman–Crippen MR) is 65.6 cm³/mol. The van der Waals surface area contributed by atoms with E-state index in [4.69, 9.17) is 11.6 Å². The maximum atomic E-state index is 13.5. The molecule has 1 N–H and O–H groups in total. The highest BCUT2D eigenvalue weighted by Gasteiger charge is 2.18. The number of hydrogen-bond acceptors (Lipinski definition) is 1. The van der Waals surface area contributed by atoms with Gasteiger partial charge in [0, 0.05) is 11.6 Å². The highest BCUT2D eigenvalue weighted by Crippen LogP contribution is 2.27. The SMILES string of the molecule is O=C(Nc1c(F)cc(F)cc1Cl)c1cc(F)c(F)c(F)c1. The molecule has 0 aliphatic heterocycles. The van der Waals surface area contributed by atoms with Crippen molar-refractivity contribution in [3.8, 4) is 0 Å². The molecule has 2 rings (SSSR count). The third kappa shape index (κ3) is 3.13. The first kappa shape index (κ1) is 15.2. The Balaban J connectivity index is 2.35. The van der Waals surface area contributed by atoms with Crippen LogP contribution in [0.5, 0.6) is 0 Å². The summed E-state index contributed by atoms with van der Waals surface area (Å²) in [6.07, 6.45) is 0. The van der Waals surface area contributed by atoms with Gasteiger partial charge in [0.25, 0.3) is 5.91 Å². The van der Waals surface area contributed by atoms with E-state index in [9.17, 15) is 26.7 Å². The molecule has 0 fully saturated rings. The van der Waals surface area contributed by atoms with Crippen LogP contribution < -0.4 is 5.32 Å². The molecule has 110 valence electrons. The van der Waals surface area contributed by atoms with Crippen molar-refractivity contribution in [3.63, 3.8) is 0 Å². The van der Waals surface area contributed by atoms with Gasteiger partial charge in [-0.15, -0.1) is 0 Å². The van der Waals surface area contributed by atoms with Crippen LogP contribution in [0.1, 0.15) is 10.4 Å². The van der Waals surface area contributed by atoms with E-state index in [0.29, 0.717) is 18.2 Å². The molecule has 0 aliphatic rings. The first-order valence-corrected chi connectivity index (χ1v) is 5.78. The Bertz CT molecular complexity index is 688. The number of amides is 1. The number of halogens is 6. The third-order valence-electron chi connectivity index (χ3n) is 2.49. The Labute approximate surface area is 120 Å². The third-order valence-corrected chi connectivity index (χ3v) is 2.79. The van der Waals surface area contributed by atoms with Crippen molar-refractivity contribution in [2.45, 2.75) is 0 Å². The topological polar surface area (TPSA) is 29.1 Å². The molecular weight excluding hydrogens is 317 g/mol. The number of nitrogens with one attached hydrogen (secondary N) is 1. The molecule has 0 bridgehead atoms. The van der Waals surface area contributed by atoms with E-state index in [1.165, 1.54) is 0 Å². The molecule has 0 saturated heterocycles. The average molecular weight is 322 g/mol. The van der Waals surface area contributed by atoms with E-state index in [2.05, 4.69) is 0 Å². The quantitative estimate of drug-likeness (QED) is 0.649. The predicted octanol–water partition coefficient (Wildman–Crippen LogP) is 4.29. The Morgan fingerprint density at radius 2 is 1.48 bits per heavy atom. The van der Waals surface area contributed by atoms with E-state index in [0.717, 1.165) is 6.07 Å². The van der Waals surface area contributed by atoms with Crippen molar-refractivity contribution in [1.29, 1.82) is 0 Å². The second kappa shape index (κ2) is 5.69. The Kier molecular flexibility index (Phi) is 4.13. The Morgan fingerprint density at radius 3 is 2.00 bits per heavy atom.